The lowest BCUT2D eigenvalue weighted by molar-refractivity contribution is -0.115. The molecule has 0 aliphatic rings. The van der Waals surface area contributed by atoms with E-state index in [1.165, 1.54) is 18.3 Å². The van der Waals surface area contributed by atoms with Crippen LogP contribution < -0.4 is 5.32 Å². The zero-order valence-electron chi connectivity index (χ0n) is 11.3. The van der Waals surface area contributed by atoms with E-state index in [0.717, 1.165) is 4.47 Å². The van der Waals surface area contributed by atoms with E-state index < -0.39 is 15.7 Å². The third kappa shape index (κ3) is 4.79. The number of benzene rings is 1. The van der Waals surface area contributed by atoms with E-state index in [9.17, 15) is 13.2 Å². The number of sulfone groups is 1. The number of carbonyl (C=O) groups is 1. The molecule has 0 saturated heterocycles. The van der Waals surface area contributed by atoms with Crippen LogP contribution in [0.1, 0.15) is 6.42 Å². The number of carbonyl (C=O) groups excluding carboxylic acids is 1. The summed E-state index contributed by atoms with van der Waals surface area (Å²) in [5.74, 6) is -0.362. The van der Waals surface area contributed by atoms with Gasteiger partial charge in [0.15, 0.2) is 9.84 Å². The molecule has 2 rings (SSSR count). The van der Waals surface area contributed by atoms with E-state index >= 15 is 0 Å². The summed E-state index contributed by atoms with van der Waals surface area (Å²) in [5, 5.41) is 2.98. The molecule has 8 heteroatoms. The van der Waals surface area contributed by atoms with Gasteiger partial charge in [-0.3, -0.25) is 4.79 Å². The summed E-state index contributed by atoms with van der Waals surface area (Å²) in [6, 6.07) is 9.41. The molecular weight excluding hydrogens is 392 g/mol. The van der Waals surface area contributed by atoms with Gasteiger partial charge in [-0.2, -0.15) is 0 Å². The summed E-state index contributed by atoms with van der Waals surface area (Å²) in [7, 11) is -3.49. The van der Waals surface area contributed by atoms with Gasteiger partial charge in [-0.1, -0.05) is 27.5 Å². The number of nitrogens with zero attached hydrogens (tertiary/aromatic N) is 1. The van der Waals surface area contributed by atoms with E-state index in [0.29, 0.717) is 10.8 Å². The molecule has 22 heavy (non-hydrogen) atoms. The van der Waals surface area contributed by atoms with Crippen molar-refractivity contribution in [3.8, 4) is 0 Å². The molecule has 1 N–H and O–H groups in total. The number of rotatable bonds is 5. The van der Waals surface area contributed by atoms with Gasteiger partial charge in [-0.05, 0) is 36.4 Å². The van der Waals surface area contributed by atoms with Gasteiger partial charge >= 0.3 is 0 Å². The molecule has 0 aliphatic carbocycles. The molecule has 1 amide bonds. The molecule has 0 aliphatic heterocycles. The molecule has 1 heterocycles. The number of hydrogen-bond donors (Lipinski definition) is 1. The minimum atomic E-state index is -3.49. The van der Waals surface area contributed by atoms with Crippen LogP contribution in [0.5, 0.6) is 0 Å². The van der Waals surface area contributed by atoms with Gasteiger partial charge in [-0.25, -0.2) is 13.4 Å². The lowest BCUT2D eigenvalue weighted by Gasteiger charge is -2.06. The van der Waals surface area contributed by atoms with E-state index in [-0.39, 0.29) is 17.1 Å². The van der Waals surface area contributed by atoms with Gasteiger partial charge in [0.2, 0.25) is 5.91 Å². The van der Waals surface area contributed by atoms with Crippen molar-refractivity contribution in [1.29, 1.82) is 0 Å². The molecule has 0 atom stereocenters. The highest BCUT2D eigenvalue weighted by Gasteiger charge is 2.16. The average molecular weight is 404 g/mol. The van der Waals surface area contributed by atoms with Gasteiger partial charge in [-0.15, -0.1) is 0 Å². The first-order chi connectivity index (χ1) is 10.4. The van der Waals surface area contributed by atoms with Gasteiger partial charge in [0.25, 0.3) is 0 Å². The maximum Gasteiger partial charge on any atom is 0.226 e. The van der Waals surface area contributed by atoms with Crippen molar-refractivity contribution >= 4 is 49.1 Å². The van der Waals surface area contributed by atoms with Crippen LogP contribution in [0.3, 0.4) is 0 Å². The molecule has 1 aromatic heterocycles. The standard InChI is InChI=1S/C14H12BrClN2O3S/c15-10-1-4-12(5-2-10)22(20,21)8-7-14(19)18-13-6-3-11(16)9-17-13/h1-6,9H,7-8H2,(H,17,18,19). The molecule has 0 radical (unpaired) electrons. The fraction of sp³-hybridized carbons (Fsp3) is 0.143. The molecule has 0 fully saturated rings. The summed E-state index contributed by atoms with van der Waals surface area (Å²) in [6.45, 7) is 0. The Kier molecular flexibility index (Phi) is 5.55. The number of amides is 1. The number of hydrogen-bond acceptors (Lipinski definition) is 4. The Morgan fingerprint density at radius 2 is 1.86 bits per heavy atom. The Bertz CT molecular complexity index is 762. The second-order valence-electron chi connectivity index (χ2n) is 4.43. The van der Waals surface area contributed by atoms with E-state index in [2.05, 4.69) is 26.2 Å². The van der Waals surface area contributed by atoms with Crippen molar-refractivity contribution < 1.29 is 13.2 Å². The molecule has 0 saturated carbocycles. The van der Waals surface area contributed by atoms with E-state index in [4.69, 9.17) is 11.6 Å². The largest absolute Gasteiger partial charge is 0.311 e. The van der Waals surface area contributed by atoms with E-state index in [1.54, 1.807) is 24.3 Å². The van der Waals surface area contributed by atoms with E-state index in [1.807, 2.05) is 0 Å². The number of pyridine rings is 1. The Morgan fingerprint density at radius 1 is 1.18 bits per heavy atom. The first-order valence-corrected chi connectivity index (χ1v) is 9.09. The second kappa shape index (κ2) is 7.21. The van der Waals surface area contributed by atoms with Crippen molar-refractivity contribution in [3.63, 3.8) is 0 Å². The molecule has 0 unspecified atom stereocenters. The Balaban J connectivity index is 1.95. The average Bonchev–Trinajstić information content (AvgIpc) is 2.48. The number of nitrogens with one attached hydrogen (secondary N) is 1. The summed E-state index contributed by atoms with van der Waals surface area (Å²) < 4.78 is 25.0. The van der Waals surface area contributed by atoms with Crippen molar-refractivity contribution in [2.45, 2.75) is 11.3 Å². The molecule has 5 nitrogen and oxygen atoms in total. The Hall–Kier alpha value is -1.44. The van der Waals surface area contributed by atoms with Gasteiger partial charge in [0.1, 0.15) is 5.82 Å². The first-order valence-electron chi connectivity index (χ1n) is 6.26. The summed E-state index contributed by atoms with van der Waals surface area (Å²) >= 11 is 8.93. The van der Waals surface area contributed by atoms with Crippen LogP contribution in [0, 0.1) is 0 Å². The maximum absolute atomic E-state index is 12.1. The third-order valence-corrected chi connectivity index (χ3v) is 5.25. The summed E-state index contributed by atoms with van der Waals surface area (Å²) in [5.41, 5.74) is 0. The van der Waals surface area contributed by atoms with Crippen LogP contribution in [0.4, 0.5) is 5.82 Å². The van der Waals surface area contributed by atoms with Crippen LogP contribution in [0.15, 0.2) is 52.0 Å². The van der Waals surface area contributed by atoms with Gasteiger partial charge in [0.05, 0.1) is 15.7 Å². The summed E-state index contributed by atoms with van der Waals surface area (Å²) in [4.78, 5) is 15.9. The lowest BCUT2D eigenvalue weighted by Crippen LogP contribution is -2.18. The molecule has 2 aromatic rings. The van der Waals surface area contributed by atoms with Crippen LogP contribution >= 0.6 is 27.5 Å². The third-order valence-electron chi connectivity index (χ3n) is 2.77. The van der Waals surface area contributed by atoms with Crippen LogP contribution in [0.25, 0.3) is 0 Å². The first kappa shape index (κ1) is 16.9. The highest BCUT2D eigenvalue weighted by molar-refractivity contribution is 9.10. The predicted octanol–water partition coefficient (Wildman–Crippen LogP) is 3.30. The van der Waals surface area contributed by atoms with Crippen LogP contribution in [-0.4, -0.2) is 25.1 Å². The van der Waals surface area contributed by atoms with Crippen LogP contribution in [-0.2, 0) is 14.6 Å². The quantitative estimate of drug-likeness (QED) is 0.831. The number of halogens is 2. The van der Waals surface area contributed by atoms with Crippen molar-refractivity contribution in [3.05, 3.63) is 52.1 Å². The predicted molar refractivity (Wildman–Crippen MR) is 88.7 cm³/mol. The van der Waals surface area contributed by atoms with Crippen molar-refractivity contribution in [2.75, 3.05) is 11.1 Å². The number of anilines is 1. The monoisotopic (exact) mass is 402 g/mol. The van der Waals surface area contributed by atoms with Gasteiger partial charge < -0.3 is 5.32 Å². The molecule has 0 spiro atoms. The molecule has 0 bridgehead atoms. The Morgan fingerprint density at radius 3 is 2.45 bits per heavy atom. The normalized spacial score (nSPS) is 11.2. The maximum atomic E-state index is 12.1. The van der Waals surface area contributed by atoms with Crippen LogP contribution in [0.2, 0.25) is 5.02 Å². The minimum Gasteiger partial charge on any atom is -0.311 e. The van der Waals surface area contributed by atoms with Crippen molar-refractivity contribution in [1.82, 2.24) is 4.98 Å². The second-order valence-corrected chi connectivity index (χ2v) is 7.89. The zero-order valence-corrected chi connectivity index (χ0v) is 14.5. The molecule has 116 valence electrons. The topological polar surface area (TPSA) is 76.1 Å². The zero-order chi connectivity index (χ0) is 16.2. The van der Waals surface area contributed by atoms with Gasteiger partial charge in [0, 0.05) is 17.1 Å². The van der Waals surface area contributed by atoms with Crippen molar-refractivity contribution in [2.24, 2.45) is 0 Å². The molecule has 1 aromatic carbocycles. The highest BCUT2D eigenvalue weighted by atomic mass is 79.9. The SMILES string of the molecule is O=C(CCS(=O)(=O)c1ccc(Br)cc1)Nc1ccc(Cl)cn1. The fourth-order valence-electron chi connectivity index (χ4n) is 1.64. The summed E-state index contributed by atoms with van der Waals surface area (Å²) in [6.07, 6.45) is 1.25. The highest BCUT2D eigenvalue weighted by Crippen LogP contribution is 2.17. The lowest BCUT2D eigenvalue weighted by atomic mass is 10.4. The molecular formula is C14H12BrClN2O3S. The smallest absolute Gasteiger partial charge is 0.226 e. The number of aromatic nitrogens is 1. The minimum absolute atomic E-state index is 0.150. The fourth-order valence-corrected chi connectivity index (χ4v) is 3.26. The Labute approximate surface area is 141 Å².